The molecule has 0 radical (unpaired) electrons. The van der Waals surface area contributed by atoms with E-state index >= 15 is 0 Å². The fraction of sp³-hybridized carbons (Fsp3) is 0.643. The Labute approximate surface area is 126 Å². The van der Waals surface area contributed by atoms with Crippen LogP contribution in [0.15, 0.2) is 27.0 Å². The minimum atomic E-state index is -0.626. The third-order valence-corrected chi connectivity index (χ3v) is 4.09. The maximum atomic E-state index is 12.5. The van der Waals surface area contributed by atoms with Crippen LogP contribution in [0.25, 0.3) is 0 Å². The smallest absolute Gasteiger partial charge is 0.336 e. The van der Waals surface area contributed by atoms with Gasteiger partial charge < -0.3 is 9.47 Å². The highest BCUT2D eigenvalue weighted by atomic mass is 16.6. The summed E-state index contributed by atoms with van der Waals surface area (Å²) in [5, 5.41) is 0. The molecule has 3 heterocycles. The van der Waals surface area contributed by atoms with Gasteiger partial charge in [0, 0.05) is 0 Å². The van der Waals surface area contributed by atoms with Gasteiger partial charge in [0.15, 0.2) is 0 Å². The van der Waals surface area contributed by atoms with Crippen molar-refractivity contribution in [3.63, 3.8) is 0 Å². The van der Waals surface area contributed by atoms with Gasteiger partial charge in [0.1, 0.15) is 12.2 Å². The van der Waals surface area contributed by atoms with Gasteiger partial charge in [-0.25, -0.2) is 28.1 Å². The van der Waals surface area contributed by atoms with E-state index in [1.807, 2.05) is 13.8 Å². The van der Waals surface area contributed by atoms with Crippen LogP contribution in [0.5, 0.6) is 0 Å². The van der Waals surface area contributed by atoms with Crippen LogP contribution < -0.4 is 17.1 Å². The monoisotopic (exact) mass is 309 g/mol. The Kier molecular flexibility index (Phi) is 3.65. The summed E-state index contributed by atoms with van der Waals surface area (Å²) in [7, 11) is 0. The van der Waals surface area contributed by atoms with Crippen molar-refractivity contribution >= 4 is 0 Å². The molecule has 0 aliphatic carbocycles. The second kappa shape index (κ2) is 5.36. The van der Waals surface area contributed by atoms with Gasteiger partial charge >= 0.3 is 17.1 Å². The molecular formula is C14H19N3O5. The molecule has 0 N–H and O–H groups in total. The van der Waals surface area contributed by atoms with Gasteiger partial charge in [0.05, 0.1) is 31.8 Å². The highest BCUT2D eigenvalue weighted by molar-refractivity contribution is 4.89. The Morgan fingerprint density at radius 3 is 1.59 bits per heavy atom. The number of epoxide rings is 2. The van der Waals surface area contributed by atoms with Crippen molar-refractivity contribution in [1.82, 2.24) is 13.7 Å². The number of hydrogen-bond acceptors (Lipinski definition) is 5. The first-order chi connectivity index (χ1) is 10.4. The number of ether oxygens (including phenoxy) is 2. The van der Waals surface area contributed by atoms with Crippen LogP contribution in [-0.4, -0.2) is 38.1 Å². The molecule has 120 valence electrons. The largest absolute Gasteiger partial charge is 0.368 e. The molecule has 1 aromatic heterocycles. The highest BCUT2D eigenvalue weighted by Crippen LogP contribution is 2.22. The third-order valence-electron chi connectivity index (χ3n) is 4.09. The van der Waals surface area contributed by atoms with Crippen molar-refractivity contribution in [3.8, 4) is 0 Å². The van der Waals surface area contributed by atoms with Crippen molar-refractivity contribution in [2.75, 3.05) is 0 Å². The summed E-state index contributed by atoms with van der Waals surface area (Å²) in [6.45, 7) is 7.64. The van der Waals surface area contributed by atoms with E-state index < -0.39 is 17.1 Å². The number of rotatable bonds is 6. The molecule has 2 aliphatic heterocycles. The van der Waals surface area contributed by atoms with E-state index in [2.05, 4.69) is 6.58 Å². The summed E-state index contributed by atoms with van der Waals surface area (Å²) in [5.41, 5.74) is -1.86. The minimum absolute atomic E-state index is 0.0197. The summed E-state index contributed by atoms with van der Waals surface area (Å²) in [4.78, 5) is 37.2. The van der Waals surface area contributed by atoms with E-state index in [0.717, 1.165) is 13.7 Å². The molecule has 0 amide bonds. The van der Waals surface area contributed by atoms with Gasteiger partial charge in [0.25, 0.3) is 0 Å². The lowest BCUT2D eigenvalue weighted by Gasteiger charge is -2.11. The van der Waals surface area contributed by atoms with E-state index in [4.69, 9.17) is 9.47 Å². The van der Waals surface area contributed by atoms with Crippen molar-refractivity contribution in [2.45, 2.75) is 57.9 Å². The average Bonchev–Trinajstić information content (AvgIpc) is 3.36. The van der Waals surface area contributed by atoms with Crippen LogP contribution in [-0.2, 0) is 29.1 Å². The molecule has 8 heteroatoms. The third kappa shape index (κ3) is 2.59. The van der Waals surface area contributed by atoms with Crippen LogP contribution in [0.4, 0.5) is 0 Å². The van der Waals surface area contributed by atoms with Crippen LogP contribution in [0.2, 0.25) is 0 Å². The van der Waals surface area contributed by atoms with Gasteiger partial charge in [-0.05, 0) is 13.8 Å². The fourth-order valence-corrected chi connectivity index (χ4v) is 2.48. The zero-order chi connectivity index (χ0) is 16.0. The fourth-order valence-electron chi connectivity index (χ4n) is 2.48. The highest BCUT2D eigenvalue weighted by Gasteiger charge is 2.37. The average molecular weight is 309 g/mol. The first kappa shape index (κ1) is 15.0. The van der Waals surface area contributed by atoms with Gasteiger partial charge in [-0.2, -0.15) is 0 Å². The Balaban J connectivity index is 2.07. The Bertz CT molecular complexity index is 718. The summed E-state index contributed by atoms with van der Waals surface area (Å²) < 4.78 is 13.7. The number of allylic oxidation sites excluding steroid dienone is 1. The standard InChI is InChI=1S/C14H19N3O5/c1-4-5-15-12(18)16(6-10-8(2)21-10)14(20)17(13(15)19)7-11-9(3)22-11/h4,8-11H,1,5-7H2,2-3H3. The zero-order valence-electron chi connectivity index (χ0n) is 12.6. The zero-order valence-corrected chi connectivity index (χ0v) is 12.6. The van der Waals surface area contributed by atoms with E-state index in [0.29, 0.717) is 0 Å². The molecule has 0 saturated carbocycles. The molecule has 0 bridgehead atoms. The van der Waals surface area contributed by atoms with Crippen LogP contribution in [0, 0.1) is 0 Å². The molecule has 0 spiro atoms. The second-order valence-electron chi connectivity index (χ2n) is 5.73. The molecule has 4 atom stereocenters. The van der Waals surface area contributed by atoms with Crippen LogP contribution in [0.1, 0.15) is 13.8 Å². The molecule has 2 fully saturated rings. The van der Waals surface area contributed by atoms with Crippen LogP contribution in [0.3, 0.4) is 0 Å². The lowest BCUT2D eigenvalue weighted by Crippen LogP contribution is -2.55. The van der Waals surface area contributed by atoms with Crippen LogP contribution >= 0.6 is 0 Å². The number of nitrogens with zero attached hydrogens (tertiary/aromatic N) is 3. The molecule has 2 saturated heterocycles. The summed E-state index contributed by atoms with van der Waals surface area (Å²) >= 11 is 0. The predicted molar refractivity (Wildman–Crippen MR) is 78.1 cm³/mol. The van der Waals surface area contributed by atoms with Gasteiger partial charge in [-0.15, -0.1) is 6.58 Å². The van der Waals surface area contributed by atoms with Crippen molar-refractivity contribution in [1.29, 1.82) is 0 Å². The van der Waals surface area contributed by atoms with E-state index in [9.17, 15) is 14.4 Å². The van der Waals surface area contributed by atoms with Gasteiger partial charge in [-0.1, -0.05) is 6.08 Å². The maximum absolute atomic E-state index is 12.5. The number of aromatic nitrogens is 3. The molecule has 8 nitrogen and oxygen atoms in total. The minimum Gasteiger partial charge on any atom is -0.368 e. The van der Waals surface area contributed by atoms with Gasteiger partial charge in [0.2, 0.25) is 0 Å². The molecule has 4 unspecified atom stereocenters. The molecule has 3 rings (SSSR count). The molecule has 0 aromatic carbocycles. The van der Waals surface area contributed by atoms with Crippen molar-refractivity contribution < 1.29 is 9.47 Å². The summed E-state index contributed by atoms with van der Waals surface area (Å²) in [6, 6.07) is 0. The summed E-state index contributed by atoms with van der Waals surface area (Å²) in [6.07, 6.45) is 1.17. The van der Waals surface area contributed by atoms with Crippen molar-refractivity contribution in [3.05, 3.63) is 44.1 Å². The molecular weight excluding hydrogens is 290 g/mol. The Morgan fingerprint density at radius 1 is 0.909 bits per heavy atom. The molecule has 2 aliphatic rings. The normalized spacial score (nSPS) is 29.4. The summed E-state index contributed by atoms with van der Waals surface area (Å²) in [5.74, 6) is 0. The quantitative estimate of drug-likeness (QED) is 0.493. The predicted octanol–water partition coefficient (Wildman–Crippen LogP) is -1.07. The van der Waals surface area contributed by atoms with E-state index in [-0.39, 0.29) is 44.1 Å². The molecule has 1 aromatic rings. The maximum Gasteiger partial charge on any atom is 0.336 e. The molecule has 22 heavy (non-hydrogen) atoms. The topological polar surface area (TPSA) is 91.1 Å². The van der Waals surface area contributed by atoms with E-state index in [1.165, 1.54) is 6.08 Å². The number of hydrogen-bond donors (Lipinski definition) is 0. The van der Waals surface area contributed by atoms with Crippen molar-refractivity contribution in [2.24, 2.45) is 0 Å². The lowest BCUT2D eigenvalue weighted by molar-refractivity contribution is 0.331. The Hall–Kier alpha value is -1.93. The second-order valence-corrected chi connectivity index (χ2v) is 5.73. The van der Waals surface area contributed by atoms with Gasteiger partial charge in [-0.3, -0.25) is 0 Å². The first-order valence-corrected chi connectivity index (χ1v) is 7.30. The lowest BCUT2D eigenvalue weighted by atomic mass is 10.3. The first-order valence-electron chi connectivity index (χ1n) is 7.30. The Morgan fingerprint density at radius 2 is 1.27 bits per heavy atom. The SMILES string of the molecule is C=CCn1c(=O)n(CC2OC2C)c(=O)n(CC2OC2C)c1=O. The van der Waals surface area contributed by atoms with E-state index in [1.54, 1.807) is 0 Å².